The molecule has 1 N–H and O–H groups in total. The van der Waals surface area contributed by atoms with Crippen molar-refractivity contribution >= 4 is 23.1 Å². The lowest BCUT2D eigenvalue weighted by Crippen LogP contribution is -2.29. The van der Waals surface area contributed by atoms with E-state index in [0.717, 1.165) is 30.4 Å². The number of hydrogen-bond acceptors (Lipinski definition) is 4. The zero-order valence-electron chi connectivity index (χ0n) is 19.5. The van der Waals surface area contributed by atoms with Crippen LogP contribution in [0.15, 0.2) is 84.4 Å². The smallest absolute Gasteiger partial charge is 0.300 e. The van der Waals surface area contributed by atoms with E-state index >= 15 is 0 Å². The number of ether oxygens (including phenoxy) is 1. The summed E-state index contributed by atoms with van der Waals surface area (Å²) in [4.78, 5) is 27.8. The van der Waals surface area contributed by atoms with Crippen molar-refractivity contribution in [3.8, 4) is 5.75 Å². The highest BCUT2D eigenvalue weighted by molar-refractivity contribution is 6.51. The number of ketones is 1. The van der Waals surface area contributed by atoms with Gasteiger partial charge in [-0.3, -0.25) is 14.5 Å². The number of aliphatic hydroxyl groups is 1. The number of anilines is 1. The SMILES string of the molecule is CCCCCOc1ccc(/C(O)=C2/C(=O)C(=O)N(c3ccccc3)C2c2cccc(C)c2)cc1. The number of hydrogen-bond donors (Lipinski definition) is 1. The summed E-state index contributed by atoms with van der Waals surface area (Å²) in [6.45, 7) is 4.73. The Labute approximate surface area is 200 Å². The van der Waals surface area contributed by atoms with E-state index < -0.39 is 17.7 Å². The van der Waals surface area contributed by atoms with Crippen molar-refractivity contribution in [2.75, 3.05) is 11.5 Å². The number of aryl methyl sites for hydroxylation is 1. The number of Topliss-reactive ketones (excluding diaryl/α,β-unsaturated/α-hetero) is 1. The number of amides is 1. The fraction of sp³-hybridized carbons (Fsp3) is 0.241. The molecule has 5 nitrogen and oxygen atoms in total. The molecule has 0 radical (unpaired) electrons. The molecule has 0 spiro atoms. The molecule has 1 amide bonds. The minimum Gasteiger partial charge on any atom is -0.507 e. The van der Waals surface area contributed by atoms with Crippen LogP contribution in [-0.4, -0.2) is 23.4 Å². The van der Waals surface area contributed by atoms with Crippen LogP contribution < -0.4 is 9.64 Å². The van der Waals surface area contributed by atoms with Crippen LogP contribution in [0.4, 0.5) is 5.69 Å². The van der Waals surface area contributed by atoms with E-state index in [0.29, 0.717) is 23.6 Å². The maximum atomic E-state index is 13.2. The highest BCUT2D eigenvalue weighted by Gasteiger charge is 2.46. The molecule has 4 rings (SSSR count). The third kappa shape index (κ3) is 4.74. The number of nitrogens with zero attached hydrogens (tertiary/aromatic N) is 1. The fourth-order valence-corrected chi connectivity index (χ4v) is 4.25. The highest BCUT2D eigenvalue weighted by Crippen LogP contribution is 2.42. The van der Waals surface area contributed by atoms with Gasteiger partial charge >= 0.3 is 0 Å². The van der Waals surface area contributed by atoms with Gasteiger partial charge < -0.3 is 9.84 Å². The quantitative estimate of drug-likeness (QED) is 0.190. The second-order valence-corrected chi connectivity index (χ2v) is 8.50. The summed E-state index contributed by atoms with van der Waals surface area (Å²) in [5.41, 5.74) is 2.91. The first-order chi connectivity index (χ1) is 16.5. The van der Waals surface area contributed by atoms with Crippen LogP contribution in [0.3, 0.4) is 0 Å². The monoisotopic (exact) mass is 455 g/mol. The standard InChI is InChI=1S/C29H29NO4/c1-3-4-8-18-34-24-16-14-21(15-17-24)27(31)25-26(22-11-9-10-20(2)19-22)30(29(33)28(25)32)23-12-6-5-7-13-23/h5-7,9-17,19,26,31H,3-4,8,18H2,1-2H3/b27-25-. The summed E-state index contributed by atoms with van der Waals surface area (Å²) >= 11 is 0. The molecule has 0 bridgehead atoms. The van der Waals surface area contributed by atoms with E-state index in [2.05, 4.69) is 6.92 Å². The molecule has 174 valence electrons. The van der Waals surface area contributed by atoms with Gasteiger partial charge in [-0.25, -0.2) is 0 Å². The van der Waals surface area contributed by atoms with E-state index in [4.69, 9.17) is 4.74 Å². The van der Waals surface area contributed by atoms with Gasteiger partial charge in [0.2, 0.25) is 0 Å². The molecule has 1 aliphatic heterocycles. The maximum Gasteiger partial charge on any atom is 0.300 e. The predicted octanol–water partition coefficient (Wildman–Crippen LogP) is 6.19. The third-order valence-electron chi connectivity index (χ3n) is 5.98. The van der Waals surface area contributed by atoms with Gasteiger partial charge in [-0.05, 0) is 55.3 Å². The Hall–Kier alpha value is -3.86. The largest absolute Gasteiger partial charge is 0.507 e. The molecular formula is C29H29NO4. The molecule has 1 unspecified atom stereocenters. The topological polar surface area (TPSA) is 66.8 Å². The first kappa shape index (κ1) is 23.3. The summed E-state index contributed by atoms with van der Waals surface area (Å²) in [5.74, 6) is -0.851. The van der Waals surface area contributed by atoms with Gasteiger partial charge in [0, 0.05) is 11.3 Å². The van der Waals surface area contributed by atoms with Crippen molar-refractivity contribution < 1.29 is 19.4 Å². The van der Waals surface area contributed by atoms with E-state index in [1.807, 2.05) is 49.4 Å². The molecule has 1 fully saturated rings. The molecule has 1 heterocycles. The second kappa shape index (κ2) is 10.4. The Morgan fingerprint density at radius 3 is 2.35 bits per heavy atom. The Morgan fingerprint density at radius 1 is 0.941 bits per heavy atom. The van der Waals surface area contributed by atoms with Crippen molar-refractivity contribution in [2.24, 2.45) is 0 Å². The minimum atomic E-state index is -0.729. The fourth-order valence-electron chi connectivity index (χ4n) is 4.25. The molecule has 0 aliphatic carbocycles. The molecule has 0 aromatic heterocycles. The predicted molar refractivity (Wildman–Crippen MR) is 134 cm³/mol. The van der Waals surface area contributed by atoms with E-state index in [9.17, 15) is 14.7 Å². The average molecular weight is 456 g/mol. The van der Waals surface area contributed by atoms with Gasteiger partial charge in [-0.2, -0.15) is 0 Å². The van der Waals surface area contributed by atoms with Gasteiger partial charge in [0.1, 0.15) is 11.5 Å². The van der Waals surface area contributed by atoms with Crippen LogP contribution in [0.2, 0.25) is 0 Å². The first-order valence-electron chi connectivity index (χ1n) is 11.7. The lowest BCUT2D eigenvalue weighted by Gasteiger charge is -2.25. The molecule has 0 saturated carbocycles. The third-order valence-corrected chi connectivity index (χ3v) is 5.98. The summed E-state index contributed by atoms with van der Waals surface area (Å²) in [5, 5.41) is 11.3. The first-order valence-corrected chi connectivity index (χ1v) is 11.7. The van der Waals surface area contributed by atoms with Crippen molar-refractivity contribution in [1.82, 2.24) is 0 Å². The average Bonchev–Trinajstić information content (AvgIpc) is 3.13. The van der Waals surface area contributed by atoms with Crippen LogP contribution in [0.5, 0.6) is 5.75 Å². The summed E-state index contributed by atoms with van der Waals surface area (Å²) < 4.78 is 5.76. The van der Waals surface area contributed by atoms with E-state index in [-0.39, 0.29) is 11.3 Å². The number of para-hydroxylation sites is 1. The van der Waals surface area contributed by atoms with Gasteiger partial charge in [0.25, 0.3) is 11.7 Å². The number of carbonyl (C=O) groups excluding carboxylic acids is 2. The van der Waals surface area contributed by atoms with Gasteiger partial charge in [-0.1, -0.05) is 67.8 Å². The Kier molecular flexibility index (Phi) is 7.12. The number of unbranched alkanes of at least 4 members (excludes halogenated alkanes) is 2. The lowest BCUT2D eigenvalue weighted by atomic mass is 9.94. The second-order valence-electron chi connectivity index (χ2n) is 8.50. The molecule has 5 heteroatoms. The summed E-state index contributed by atoms with van der Waals surface area (Å²) in [6, 6.07) is 23.0. The van der Waals surface area contributed by atoms with Crippen LogP contribution in [0.1, 0.15) is 48.9 Å². The van der Waals surface area contributed by atoms with Crippen molar-refractivity contribution in [3.05, 3.63) is 101 Å². The molecule has 3 aromatic rings. The van der Waals surface area contributed by atoms with Crippen LogP contribution in [0, 0.1) is 6.92 Å². The van der Waals surface area contributed by atoms with Crippen molar-refractivity contribution in [1.29, 1.82) is 0 Å². The lowest BCUT2D eigenvalue weighted by molar-refractivity contribution is -0.132. The molecule has 1 aliphatic rings. The van der Waals surface area contributed by atoms with Crippen molar-refractivity contribution in [2.45, 2.75) is 39.2 Å². The zero-order chi connectivity index (χ0) is 24.1. The van der Waals surface area contributed by atoms with Crippen LogP contribution >= 0.6 is 0 Å². The normalized spacial score (nSPS) is 17.2. The minimum absolute atomic E-state index is 0.0797. The molecule has 34 heavy (non-hydrogen) atoms. The zero-order valence-corrected chi connectivity index (χ0v) is 19.5. The van der Waals surface area contributed by atoms with Gasteiger partial charge in [-0.15, -0.1) is 0 Å². The highest BCUT2D eigenvalue weighted by atomic mass is 16.5. The summed E-state index contributed by atoms with van der Waals surface area (Å²) in [6.07, 6.45) is 3.22. The van der Waals surface area contributed by atoms with Crippen LogP contribution in [0.25, 0.3) is 5.76 Å². The van der Waals surface area contributed by atoms with Gasteiger partial charge in [0.05, 0.1) is 18.2 Å². The van der Waals surface area contributed by atoms with Gasteiger partial charge in [0.15, 0.2) is 0 Å². The Balaban J connectivity index is 1.75. The molecular weight excluding hydrogens is 426 g/mol. The number of rotatable bonds is 8. The molecule has 1 saturated heterocycles. The van der Waals surface area contributed by atoms with E-state index in [1.165, 1.54) is 4.90 Å². The molecule has 3 aromatic carbocycles. The Morgan fingerprint density at radius 2 is 1.68 bits per heavy atom. The number of benzene rings is 3. The number of aliphatic hydroxyl groups excluding tert-OH is 1. The van der Waals surface area contributed by atoms with Crippen molar-refractivity contribution in [3.63, 3.8) is 0 Å². The maximum absolute atomic E-state index is 13.2. The van der Waals surface area contributed by atoms with Crippen LogP contribution in [-0.2, 0) is 9.59 Å². The van der Waals surface area contributed by atoms with E-state index in [1.54, 1.807) is 36.4 Å². The number of carbonyl (C=O) groups is 2. The summed E-state index contributed by atoms with van der Waals surface area (Å²) in [7, 11) is 0. The molecule has 1 atom stereocenters. The Bertz CT molecular complexity index is 1200.